The number of ether oxygens (including phenoxy) is 2. The zero-order valence-corrected chi connectivity index (χ0v) is 11.9. The lowest BCUT2D eigenvalue weighted by Gasteiger charge is -2.11. The van der Waals surface area contributed by atoms with Crippen LogP contribution in [0.5, 0.6) is 11.5 Å². The minimum atomic E-state index is -0.480. The van der Waals surface area contributed by atoms with Gasteiger partial charge in [0.1, 0.15) is 0 Å². The van der Waals surface area contributed by atoms with Crippen molar-refractivity contribution in [1.82, 2.24) is 0 Å². The molecule has 2 aromatic rings. The Labute approximate surface area is 122 Å². The fraction of sp³-hybridized carbons (Fsp3) is 0.188. The molecule has 0 unspecified atom stereocenters. The van der Waals surface area contributed by atoms with Gasteiger partial charge in [-0.15, -0.1) is 0 Å². The van der Waals surface area contributed by atoms with Crippen LogP contribution in [0.15, 0.2) is 36.4 Å². The number of aryl methyl sites for hydroxylation is 1. The van der Waals surface area contributed by atoms with E-state index < -0.39 is 11.8 Å². The number of anilines is 1. The number of hydrogen-bond acceptors (Lipinski definition) is 4. The Balaban J connectivity index is 2.33. The van der Waals surface area contributed by atoms with Crippen LogP contribution in [0, 0.1) is 12.7 Å². The molecule has 5 heteroatoms. The van der Waals surface area contributed by atoms with Crippen molar-refractivity contribution in [3.05, 3.63) is 53.3 Å². The van der Waals surface area contributed by atoms with Crippen LogP contribution in [0.2, 0.25) is 0 Å². The summed E-state index contributed by atoms with van der Waals surface area (Å²) in [4.78, 5) is 11.7. The molecule has 110 valence electrons. The van der Waals surface area contributed by atoms with Gasteiger partial charge in [0.25, 0.3) is 0 Å². The molecule has 4 nitrogen and oxygen atoms in total. The predicted molar refractivity (Wildman–Crippen MR) is 78.0 cm³/mol. The molecule has 2 aromatic carbocycles. The first-order chi connectivity index (χ1) is 10.0. The molecule has 0 bridgehead atoms. The number of rotatable bonds is 4. The zero-order chi connectivity index (χ0) is 15.4. The standard InChI is InChI=1S/C16H16FNO3/c1-3-20-16(19)11-7-8-12(18)14(9-11)21-13-6-4-5-10(2)15(13)17/h4-9H,3,18H2,1-2H3. The van der Waals surface area contributed by atoms with E-state index in [0.29, 0.717) is 16.8 Å². The van der Waals surface area contributed by atoms with Gasteiger partial charge in [-0.05, 0) is 43.7 Å². The van der Waals surface area contributed by atoms with Crippen molar-refractivity contribution in [3.63, 3.8) is 0 Å². The molecule has 0 spiro atoms. The average molecular weight is 289 g/mol. The summed E-state index contributed by atoms with van der Waals surface area (Å²) >= 11 is 0. The van der Waals surface area contributed by atoms with Gasteiger partial charge in [0, 0.05) is 0 Å². The van der Waals surface area contributed by atoms with Crippen LogP contribution in [0.4, 0.5) is 10.1 Å². The maximum Gasteiger partial charge on any atom is 0.338 e. The highest BCUT2D eigenvalue weighted by atomic mass is 19.1. The Kier molecular flexibility index (Phi) is 4.42. The van der Waals surface area contributed by atoms with Gasteiger partial charge in [-0.2, -0.15) is 0 Å². The van der Waals surface area contributed by atoms with Crippen LogP contribution in [0.1, 0.15) is 22.8 Å². The Morgan fingerprint density at radius 3 is 2.71 bits per heavy atom. The van der Waals surface area contributed by atoms with Crippen molar-refractivity contribution in [2.75, 3.05) is 12.3 Å². The first kappa shape index (κ1) is 14.8. The summed E-state index contributed by atoms with van der Waals surface area (Å²) in [7, 11) is 0. The summed E-state index contributed by atoms with van der Waals surface area (Å²) in [6, 6.07) is 9.32. The molecule has 0 saturated heterocycles. The van der Waals surface area contributed by atoms with Gasteiger partial charge in [-0.3, -0.25) is 0 Å². The number of nitrogens with two attached hydrogens (primary N) is 1. The number of esters is 1. The van der Waals surface area contributed by atoms with Gasteiger partial charge in [0.05, 0.1) is 17.9 Å². The fourth-order valence-electron chi connectivity index (χ4n) is 1.78. The van der Waals surface area contributed by atoms with Crippen molar-refractivity contribution in [2.45, 2.75) is 13.8 Å². The summed E-state index contributed by atoms with van der Waals surface area (Å²) in [5.41, 5.74) is 6.87. The van der Waals surface area contributed by atoms with Gasteiger partial charge in [-0.25, -0.2) is 9.18 Å². The summed E-state index contributed by atoms with van der Waals surface area (Å²) in [5.74, 6) is -0.668. The average Bonchev–Trinajstić information content (AvgIpc) is 2.46. The smallest absolute Gasteiger partial charge is 0.338 e. The highest BCUT2D eigenvalue weighted by Gasteiger charge is 2.13. The highest BCUT2D eigenvalue weighted by molar-refractivity contribution is 5.90. The van der Waals surface area contributed by atoms with Crippen LogP contribution in [-0.4, -0.2) is 12.6 Å². The zero-order valence-electron chi connectivity index (χ0n) is 11.9. The molecule has 2 rings (SSSR count). The third kappa shape index (κ3) is 3.31. The number of carbonyl (C=O) groups is 1. The topological polar surface area (TPSA) is 61.5 Å². The predicted octanol–water partition coefficient (Wildman–Crippen LogP) is 3.69. The Morgan fingerprint density at radius 1 is 1.24 bits per heavy atom. The van der Waals surface area contributed by atoms with E-state index in [4.69, 9.17) is 15.2 Å². The van der Waals surface area contributed by atoms with E-state index in [-0.39, 0.29) is 18.1 Å². The van der Waals surface area contributed by atoms with E-state index in [9.17, 15) is 9.18 Å². The molecule has 0 radical (unpaired) electrons. The minimum Gasteiger partial charge on any atom is -0.462 e. The van der Waals surface area contributed by atoms with Gasteiger partial charge in [0.15, 0.2) is 17.3 Å². The number of halogens is 1. The number of hydrogen-bond donors (Lipinski definition) is 1. The molecule has 0 fully saturated rings. The quantitative estimate of drug-likeness (QED) is 0.689. The van der Waals surface area contributed by atoms with Gasteiger partial charge < -0.3 is 15.2 Å². The lowest BCUT2D eigenvalue weighted by atomic mass is 10.2. The molecule has 0 heterocycles. The van der Waals surface area contributed by atoms with E-state index in [0.717, 1.165) is 0 Å². The van der Waals surface area contributed by atoms with Crippen molar-refractivity contribution in [3.8, 4) is 11.5 Å². The van der Waals surface area contributed by atoms with Crippen LogP contribution >= 0.6 is 0 Å². The highest BCUT2D eigenvalue weighted by Crippen LogP contribution is 2.31. The summed E-state index contributed by atoms with van der Waals surface area (Å²) < 4.78 is 24.3. The SMILES string of the molecule is CCOC(=O)c1ccc(N)c(Oc2cccc(C)c2F)c1. The van der Waals surface area contributed by atoms with Gasteiger partial charge in [0.2, 0.25) is 0 Å². The second kappa shape index (κ2) is 6.26. The normalized spacial score (nSPS) is 10.2. The molecule has 0 aliphatic rings. The lowest BCUT2D eigenvalue weighted by molar-refractivity contribution is 0.0526. The van der Waals surface area contributed by atoms with Gasteiger partial charge in [-0.1, -0.05) is 12.1 Å². The van der Waals surface area contributed by atoms with Gasteiger partial charge >= 0.3 is 5.97 Å². The van der Waals surface area contributed by atoms with E-state index in [1.54, 1.807) is 26.0 Å². The van der Waals surface area contributed by atoms with E-state index in [2.05, 4.69) is 0 Å². The largest absolute Gasteiger partial charge is 0.462 e. The maximum absolute atomic E-state index is 13.9. The van der Waals surface area contributed by atoms with Crippen LogP contribution in [0.25, 0.3) is 0 Å². The minimum absolute atomic E-state index is 0.0581. The fourth-order valence-corrected chi connectivity index (χ4v) is 1.78. The molecular formula is C16H16FNO3. The van der Waals surface area contributed by atoms with Crippen LogP contribution in [0.3, 0.4) is 0 Å². The maximum atomic E-state index is 13.9. The molecule has 0 amide bonds. The van der Waals surface area contributed by atoms with Crippen molar-refractivity contribution in [1.29, 1.82) is 0 Å². The number of benzene rings is 2. The molecular weight excluding hydrogens is 273 g/mol. The third-order valence-corrected chi connectivity index (χ3v) is 2.90. The molecule has 2 N–H and O–H groups in total. The molecule has 0 aromatic heterocycles. The van der Waals surface area contributed by atoms with Crippen molar-refractivity contribution < 1.29 is 18.7 Å². The van der Waals surface area contributed by atoms with Crippen LogP contribution < -0.4 is 10.5 Å². The second-order valence-corrected chi connectivity index (χ2v) is 4.46. The Bertz CT molecular complexity index is 671. The molecule has 0 saturated carbocycles. The van der Waals surface area contributed by atoms with E-state index in [1.165, 1.54) is 24.3 Å². The second-order valence-electron chi connectivity index (χ2n) is 4.46. The van der Waals surface area contributed by atoms with Crippen LogP contribution in [-0.2, 0) is 4.74 Å². The van der Waals surface area contributed by atoms with E-state index in [1.807, 2.05) is 0 Å². The van der Waals surface area contributed by atoms with Crippen molar-refractivity contribution >= 4 is 11.7 Å². The van der Waals surface area contributed by atoms with E-state index >= 15 is 0 Å². The number of nitrogen functional groups attached to an aromatic ring is 1. The third-order valence-electron chi connectivity index (χ3n) is 2.90. The first-order valence-electron chi connectivity index (χ1n) is 6.52. The Hall–Kier alpha value is -2.56. The Morgan fingerprint density at radius 2 is 2.00 bits per heavy atom. The van der Waals surface area contributed by atoms with Crippen molar-refractivity contribution in [2.24, 2.45) is 0 Å². The molecule has 0 aliphatic carbocycles. The summed E-state index contributed by atoms with van der Waals surface area (Å²) in [5, 5.41) is 0. The molecule has 21 heavy (non-hydrogen) atoms. The molecule has 0 aliphatic heterocycles. The monoisotopic (exact) mass is 289 g/mol. The summed E-state index contributed by atoms with van der Waals surface area (Å²) in [6.07, 6.45) is 0. The lowest BCUT2D eigenvalue weighted by Crippen LogP contribution is -2.05. The summed E-state index contributed by atoms with van der Waals surface area (Å²) in [6.45, 7) is 3.63. The number of carbonyl (C=O) groups excluding carboxylic acids is 1. The molecule has 0 atom stereocenters. The first-order valence-corrected chi connectivity index (χ1v) is 6.52.